The molecule has 0 spiro atoms. The molecule has 0 saturated carbocycles. The zero-order valence-corrected chi connectivity index (χ0v) is 13.0. The van der Waals surface area contributed by atoms with Crippen molar-refractivity contribution in [1.29, 1.82) is 5.26 Å². The maximum absolute atomic E-state index is 9.07. The average molecular weight is 303 g/mol. The number of fused-ring (bicyclic) bond motifs is 1. The Morgan fingerprint density at radius 3 is 2.48 bits per heavy atom. The van der Waals surface area contributed by atoms with E-state index in [9.17, 15) is 0 Å². The summed E-state index contributed by atoms with van der Waals surface area (Å²) in [5, 5.41) is 11.0. The Labute approximate surface area is 135 Å². The van der Waals surface area contributed by atoms with Crippen LogP contribution in [0.2, 0.25) is 0 Å². The molecule has 0 amide bonds. The van der Waals surface area contributed by atoms with Crippen molar-refractivity contribution in [3.8, 4) is 17.6 Å². The summed E-state index contributed by atoms with van der Waals surface area (Å²) < 4.78 is 11.5. The van der Waals surface area contributed by atoms with Gasteiger partial charge in [-0.15, -0.1) is 0 Å². The first-order valence-electron chi connectivity index (χ1n) is 7.45. The second-order valence-corrected chi connectivity index (χ2v) is 5.22. The molecule has 3 aromatic rings. The number of rotatable bonds is 5. The molecule has 0 aliphatic carbocycles. The summed E-state index contributed by atoms with van der Waals surface area (Å²) in [6.45, 7) is 0.468. The third kappa shape index (κ3) is 3.12. The first-order chi connectivity index (χ1) is 11.3. The fourth-order valence-electron chi connectivity index (χ4n) is 2.65. The first-order valence-corrected chi connectivity index (χ1v) is 7.45. The van der Waals surface area contributed by atoms with Gasteiger partial charge >= 0.3 is 0 Å². The Kier molecular flexibility index (Phi) is 4.44. The van der Waals surface area contributed by atoms with Gasteiger partial charge in [-0.1, -0.05) is 54.6 Å². The zero-order valence-electron chi connectivity index (χ0n) is 13.0. The van der Waals surface area contributed by atoms with E-state index in [2.05, 4.69) is 6.07 Å². The van der Waals surface area contributed by atoms with Gasteiger partial charge in [0.05, 0.1) is 19.6 Å². The second-order valence-electron chi connectivity index (χ2n) is 5.22. The third-order valence-corrected chi connectivity index (χ3v) is 3.77. The summed E-state index contributed by atoms with van der Waals surface area (Å²) in [6.07, 6.45) is 0.317. The van der Waals surface area contributed by atoms with E-state index in [1.165, 1.54) is 0 Å². The van der Waals surface area contributed by atoms with Gasteiger partial charge in [0.25, 0.3) is 0 Å². The standard InChI is InChI=1S/C20H17NO2/c1-22-19-9-5-8-18-17(19)11-10-16(12-13-21)20(18)23-14-15-6-3-2-4-7-15/h2-11H,12,14H2,1H3. The Bertz CT molecular complexity index is 851. The van der Waals surface area contributed by atoms with Crippen LogP contribution in [-0.2, 0) is 13.0 Å². The van der Waals surface area contributed by atoms with Crippen LogP contribution in [0.4, 0.5) is 0 Å². The van der Waals surface area contributed by atoms with Crippen LogP contribution in [0.5, 0.6) is 11.5 Å². The lowest BCUT2D eigenvalue weighted by Gasteiger charge is -2.15. The lowest BCUT2D eigenvalue weighted by molar-refractivity contribution is 0.307. The molecular formula is C20H17NO2. The maximum Gasteiger partial charge on any atom is 0.132 e. The molecule has 114 valence electrons. The molecule has 0 N–H and O–H groups in total. The van der Waals surface area contributed by atoms with E-state index in [-0.39, 0.29) is 0 Å². The highest BCUT2D eigenvalue weighted by Crippen LogP contribution is 2.35. The Balaban J connectivity index is 2.04. The van der Waals surface area contributed by atoms with E-state index in [4.69, 9.17) is 14.7 Å². The van der Waals surface area contributed by atoms with Crippen LogP contribution in [0.25, 0.3) is 10.8 Å². The number of nitriles is 1. The Hall–Kier alpha value is -2.99. The summed E-state index contributed by atoms with van der Waals surface area (Å²) in [6, 6.07) is 22.0. The molecule has 0 heterocycles. The van der Waals surface area contributed by atoms with E-state index in [0.29, 0.717) is 13.0 Å². The number of benzene rings is 3. The minimum atomic E-state index is 0.317. The van der Waals surface area contributed by atoms with Gasteiger partial charge < -0.3 is 9.47 Å². The van der Waals surface area contributed by atoms with Crippen LogP contribution in [0, 0.1) is 11.3 Å². The summed E-state index contributed by atoms with van der Waals surface area (Å²) >= 11 is 0. The highest BCUT2D eigenvalue weighted by molar-refractivity contribution is 5.94. The monoisotopic (exact) mass is 303 g/mol. The van der Waals surface area contributed by atoms with Crippen molar-refractivity contribution in [1.82, 2.24) is 0 Å². The number of hydrogen-bond donors (Lipinski definition) is 0. The lowest BCUT2D eigenvalue weighted by atomic mass is 10.0. The topological polar surface area (TPSA) is 42.2 Å². The van der Waals surface area contributed by atoms with E-state index in [1.807, 2.05) is 60.7 Å². The normalized spacial score (nSPS) is 10.3. The Morgan fingerprint density at radius 1 is 0.913 bits per heavy atom. The van der Waals surface area contributed by atoms with Crippen molar-refractivity contribution in [2.45, 2.75) is 13.0 Å². The molecule has 3 rings (SSSR count). The molecule has 0 aliphatic heterocycles. The highest BCUT2D eigenvalue weighted by Gasteiger charge is 2.12. The number of hydrogen-bond acceptors (Lipinski definition) is 3. The van der Waals surface area contributed by atoms with Gasteiger partial charge in [0.2, 0.25) is 0 Å². The van der Waals surface area contributed by atoms with Gasteiger partial charge in [0, 0.05) is 16.3 Å². The van der Waals surface area contributed by atoms with E-state index in [0.717, 1.165) is 33.4 Å². The predicted molar refractivity (Wildman–Crippen MR) is 90.6 cm³/mol. The molecule has 0 fully saturated rings. The van der Waals surface area contributed by atoms with E-state index in [1.54, 1.807) is 7.11 Å². The third-order valence-electron chi connectivity index (χ3n) is 3.77. The summed E-state index contributed by atoms with van der Waals surface area (Å²) in [4.78, 5) is 0. The molecule has 0 aromatic heterocycles. The van der Waals surface area contributed by atoms with Gasteiger partial charge in [0.1, 0.15) is 18.1 Å². The van der Waals surface area contributed by atoms with E-state index < -0.39 is 0 Å². The van der Waals surface area contributed by atoms with Gasteiger partial charge in [-0.2, -0.15) is 5.26 Å². The zero-order chi connectivity index (χ0) is 16.1. The number of nitrogens with zero attached hydrogens (tertiary/aromatic N) is 1. The van der Waals surface area contributed by atoms with Crippen molar-refractivity contribution in [3.63, 3.8) is 0 Å². The van der Waals surface area contributed by atoms with Crippen LogP contribution in [0.15, 0.2) is 60.7 Å². The fourth-order valence-corrected chi connectivity index (χ4v) is 2.65. The molecule has 0 bridgehead atoms. The largest absolute Gasteiger partial charge is 0.496 e. The van der Waals surface area contributed by atoms with Crippen molar-refractivity contribution >= 4 is 10.8 Å². The van der Waals surface area contributed by atoms with Gasteiger partial charge in [0.15, 0.2) is 0 Å². The summed E-state index contributed by atoms with van der Waals surface area (Å²) in [5.74, 6) is 1.56. The number of methoxy groups -OCH3 is 1. The summed E-state index contributed by atoms with van der Waals surface area (Å²) in [7, 11) is 1.66. The molecule has 0 atom stereocenters. The van der Waals surface area contributed by atoms with Crippen molar-refractivity contribution in [3.05, 3.63) is 71.8 Å². The van der Waals surface area contributed by atoms with Gasteiger partial charge in [-0.25, -0.2) is 0 Å². The minimum Gasteiger partial charge on any atom is -0.496 e. The fraction of sp³-hybridized carbons (Fsp3) is 0.150. The van der Waals surface area contributed by atoms with Gasteiger partial charge in [-0.3, -0.25) is 0 Å². The smallest absolute Gasteiger partial charge is 0.132 e. The second kappa shape index (κ2) is 6.85. The van der Waals surface area contributed by atoms with Crippen LogP contribution in [0.1, 0.15) is 11.1 Å². The van der Waals surface area contributed by atoms with Crippen LogP contribution < -0.4 is 9.47 Å². The molecule has 3 aromatic carbocycles. The molecule has 23 heavy (non-hydrogen) atoms. The maximum atomic E-state index is 9.07. The predicted octanol–water partition coefficient (Wildman–Crippen LogP) is 4.49. The average Bonchev–Trinajstić information content (AvgIpc) is 2.61. The first kappa shape index (κ1) is 14.9. The minimum absolute atomic E-state index is 0.317. The molecule has 3 heteroatoms. The molecule has 0 radical (unpaired) electrons. The Morgan fingerprint density at radius 2 is 1.74 bits per heavy atom. The van der Waals surface area contributed by atoms with E-state index >= 15 is 0 Å². The number of ether oxygens (including phenoxy) is 2. The molecular weight excluding hydrogens is 286 g/mol. The van der Waals surface area contributed by atoms with Gasteiger partial charge in [-0.05, 0) is 11.6 Å². The van der Waals surface area contributed by atoms with Crippen molar-refractivity contribution in [2.24, 2.45) is 0 Å². The molecule has 0 saturated heterocycles. The summed E-state index contributed by atoms with van der Waals surface area (Å²) in [5.41, 5.74) is 1.99. The molecule has 3 nitrogen and oxygen atoms in total. The SMILES string of the molecule is COc1cccc2c(OCc3ccccc3)c(CC#N)ccc12. The highest BCUT2D eigenvalue weighted by atomic mass is 16.5. The lowest BCUT2D eigenvalue weighted by Crippen LogP contribution is -2.00. The van der Waals surface area contributed by atoms with Crippen molar-refractivity contribution in [2.75, 3.05) is 7.11 Å². The molecule has 0 aliphatic rings. The van der Waals surface area contributed by atoms with Crippen molar-refractivity contribution < 1.29 is 9.47 Å². The van der Waals surface area contributed by atoms with Crippen LogP contribution >= 0.6 is 0 Å². The molecule has 0 unspecified atom stereocenters. The van der Waals surface area contributed by atoms with Crippen LogP contribution in [0.3, 0.4) is 0 Å². The quantitative estimate of drug-likeness (QED) is 0.697. The van der Waals surface area contributed by atoms with Crippen LogP contribution in [-0.4, -0.2) is 7.11 Å².